The first-order chi connectivity index (χ1) is 11.7. The molecule has 0 radical (unpaired) electrons. The maximum absolute atomic E-state index is 11.4. The average Bonchev–Trinajstić information content (AvgIpc) is 3.03. The van der Waals surface area contributed by atoms with Crippen molar-refractivity contribution >= 4 is 16.7 Å². The molecule has 4 rings (SSSR count). The molecule has 0 N–H and O–H groups in total. The van der Waals surface area contributed by atoms with Gasteiger partial charge in [-0.3, -0.25) is 0 Å². The zero-order chi connectivity index (χ0) is 16.5. The Bertz CT molecular complexity index is 1080. The average molecular weight is 322 g/mol. The van der Waals surface area contributed by atoms with Gasteiger partial charge in [0.25, 0.3) is 5.78 Å². The van der Waals surface area contributed by atoms with Crippen LogP contribution in [0.5, 0.6) is 11.6 Å². The van der Waals surface area contributed by atoms with Crippen molar-refractivity contribution in [1.82, 2.24) is 19.6 Å². The molecule has 0 fully saturated rings. The molecule has 0 saturated heterocycles. The van der Waals surface area contributed by atoms with E-state index in [2.05, 4.69) is 22.0 Å². The summed E-state index contributed by atoms with van der Waals surface area (Å²) >= 11 is 0. The molecule has 7 nitrogen and oxygen atoms in total. The highest BCUT2D eigenvalue weighted by Crippen LogP contribution is 2.25. The van der Waals surface area contributed by atoms with Gasteiger partial charge in [0.15, 0.2) is 0 Å². The minimum absolute atomic E-state index is 0.396. The molecular formula is C17H14N4O3. The molecule has 7 heteroatoms. The fourth-order valence-electron chi connectivity index (χ4n) is 2.51. The standard InChI is InChI=1S/C17H14N4O3/c1-2-3-12-8-15(21-17(20-12)18-10-19-21)23-13-6-4-11-5-7-16(22)24-14(11)9-13/h4-10H,2-3H2,1H3. The smallest absolute Gasteiger partial charge is 0.336 e. The first-order valence-electron chi connectivity index (χ1n) is 7.64. The van der Waals surface area contributed by atoms with Gasteiger partial charge in [0.1, 0.15) is 17.7 Å². The van der Waals surface area contributed by atoms with Crippen LogP contribution in [0.25, 0.3) is 16.7 Å². The molecule has 120 valence electrons. The molecule has 1 aromatic carbocycles. The summed E-state index contributed by atoms with van der Waals surface area (Å²) in [5.41, 5.74) is 0.963. The number of nitrogens with zero attached hydrogens (tertiary/aromatic N) is 4. The second-order valence-corrected chi connectivity index (χ2v) is 5.36. The minimum atomic E-state index is -0.396. The number of hydrogen-bond donors (Lipinski definition) is 0. The molecule has 0 saturated carbocycles. The second-order valence-electron chi connectivity index (χ2n) is 5.36. The third-order valence-electron chi connectivity index (χ3n) is 3.60. The van der Waals surface area contributed by atoms with Crippen molar-refractivity contribution in [2.75, 3.05) is 0 Å². The van der Waals surface area contributed by atoms with Crippen LogP contribution in [0, 0.1) is 0 Å². The van der Waals surface area contributed by atoms with E-state index in [9.17, 15) is 4.79 Å². The molecule has 0 aliphatic heterocycles. The predicted octanol–water partition coefficient (Wildman–Crippen LogP) is 2.98. The maximum Gasteiger partial charge on any atom is 0.336 e. The van der Waals surface area contributed by atoms with Crippen molar-refractivity contribution in [1.29, 1.82) is 0 Å². The quantitative estimate of drug-likeness (QED) is 0.537. The van der Waals surface area contributed by atoms with Gasteiger partial charge in [-0.05, 0) is 24.6 Å². The zero-order valence-corrected chi connectivity index (χ0v) is 13.0. The van der Waals surface area contributed by atoms with E-state index >= 15 is 0 Å². The number of hydrogen-bond acceptors (Lipinski definition) is 6. The molecule has 0 unspecified atom stereocenters. The lowest BCUT2D eigenvalue weighted by molar-refractivity contribution is 0.443. The lowest BCUT2D eigenvalue weighted by atomic mass is 10.2. The monoisotopic (exact) mass is 322 g/mol. The summed E-state index contributed by atoms with van der Waals surface area (Å²) < 4.78 is 12.7. The van der Waals surface area contributed by atoms with E-state index in [4.69, 9.17) is 9.15 Å². The summed E-state index contributed by atoms with van der Waals surface area (Å²) in [6.45, 7) is 2.08. The number of rotatable bonds is 4. The van der Waals surface area contributed by atoms with Crippen molar-refractivity contribution in [3.8, 4) is 11.6 Å². The highest BCUT2D eigenvalue weighted by molar-refractivity contribution is 5.77. The minimum Gasteiger partial charge on any atom is -0.439 e. The van der Waals surface area contributed by atoms with Crippen LogP contribution >= 0.6 is 0 Å². The van der Waals surface area contributed by atoms with Crippen LogP contribution in [0.4, 0.5) is 0 Å². The number of aromatic nitrogens is 4. The van der Waals surface area contributed by atoms with Gasteiger partial charge >= 0.3 is 5.63 Å². The van der Waals surface area contributed by atoms with Gasteiger partial charge in [-0.1, -0.05) is 13.3 Å². The Hall–Kier alpha value is -3.22. The van der Waals surface area contributed by atoms with E-state index in [-0.39, 0.29) is 0 Å². The molecule has 0 atom stereocenters. The summed E-state index contributed by atoms with van der Waals surface area (Å²) in [6, 6.07) is 10.3. The van der Waals surface area contributed by atoms with Gasteiger partial charge in [-0.2, -0.15) is 14.6 Å². The van der Waals surface area contributed by atoms with E-state index in [1.165, 1.54) is 16.9 Å². The fourth-order valence-corrected chi connectivity index (χ4v) is 2.51. The Morgan fingerprint density at radius 3 is 2.96 bits per heavy atom. The largest absolute Gasteiger partial charge is 0.439 e. The van der Waals surface area contributed by atoms with Gasteiger partial charge in [-0.25, -0.2) is 9.78 Å². The summed E-state index contributed by atoms with van der Waals surface area (Å²) in [5.74, 6) is 1.55. The molecule has 0 amide bonds. The molecule has 0 bridgehead atoms. The van der Waals surface area contributed by atoms with Gasteiger partial charge in [-0.15, -0.1) is 0 Å². The molecule has 3 aromatic heterocycles. The van der Waals surface area contributed by atoms with Crippen molar-refractivity contribution in [2.24, 2.45) is 0 Å². The van der Waals surface area contributed by atoms with E-state index in [1.807, 2.05) is 18.2 Å². The van der Waals surface area contributed by atoms with Crippen LogP contribution in [0.1, 0.15) is 19.0 Å². The Kier molecular flexibility index (Phi) is 3.45. The van der Waals surface area contributed by atoms with Crippen molar-refractivity contribution in [3.63, 3.8) is 0 Å². The van der Waals surface area contributed by atoms with Crippen molar-refractivity contribution in [3.05, 3.63) is 58.8 Å². The SMILES string of the molecule is CCCc1cc(Oc2ccc3ccc(=O)oc3c2)n2ncnc2n1. The van der Waals surface area contributed by atoms with Crippen LogP contribution in [0.2, 0.25) is 0 Å². The second kappa shape index (κ2) is 5.77. The summed E-state index contributed by atoms with van der Waals surface area (Å²) in [4.78, 5) is 19.9. The van der Waals surface area contributed by atoms with Gasteiger partial charge < -0.3 is 9.15 Å². The lowest BCUT2D eigenvalue weighted by Gasteiger charge is -2.09. The normalized spacial score (nSPS) is 11.2. The number of ether oxygens (including phenoxy) is 1. The molecular weight excluding hydrogens is 308 g/mol. The summed E-state index contributed by atoms with van der Waals surface area (Å²) in [5, 5.41) is 4.97. The third kappa shape index (κ3) is 2.60. The van der Waals surface area contributed by atoms with E-state index in [0.717, 1.165) is 23.9 Å². The van der Waals surface area contributed by atoms with E-state index in [1.54, 1.807) is 12.1 Å². The van der Waals surface area contributed by atoms with E-state index in [0.29, 0.717) is 23.0 Å². The molecule has 0 aliphatic rings. The highest BCUT2D eigenvalue weighted by Gasteiger charge is 2.10. The molecule has 4 aromatic rings. The van der Waals surface area contributed by atoms with Crippen LogP contribution in [-0.4, -0.2) is 19.6 Å². The first kappa shape index (κ1) is 14.4. The Labute approximate surface area is 136 Å². The first-order valence-corrected chi connectivity index (χ1v) is 7.64. The van der Waals surface area contributed by atoms with Crippen LogP contribution in [0.15, 0.2) is 51.9 Å². The maximum atomic E-state index is 11.4. The van der Waals surface area contributed by atoms with Gasteiger partial charge in [0.05, 0.1) is 0 Å². The molecule has 3 heterocycles. The van der Waals surface area contributed by atoms with Crippen LogP contribution in [-0.2, 0) is 6.42 Å². The topological polar surface area (TPSA) is 82.5 Å². The number of aryl methyl sites for hydroxylation is 1. The van der Waals surface area contributed by atoms with E-state index < -0.39 is 5.63 Å². The van der Waals surface area contributed by atoms with Crippen LogP contribution in [0.3, 0.4) is 0 Å². The lowest BCUT2D eigenvalue weighted by Crippen LogP contribution is -2.01. The Balaban J connectivity index is 1.78. The summed E-state index contributed by atoms with van der Waals surface area (Å²) in [7, 11) is 0. The Morgan fingerprint density at radius 1 is 1.21 bits per heavy atom. The third-order valence-corrected chi connectivity index (χ3v) is 3.60. The predicted molar refractivity (Wildman–Crippen MR) is 87.3 cm³/mol. The highest BCUT2D eigenvalue weighted by atomic mass is 16.5. The zero-order valence-electron chi connectivity index (χ0n) is 13.0. The Morgan fingerprint density at radius 2 is 2.08 bits per heavy atom. The summed E-state index contributed by atoms with van der Waals surface area (Å²) in [6.07, 6.45) is 3.23. The molecule has 0 spiro atoms. The van der Waals surface area contributed by atoms with Gasteiger partial charge in [0.2, 0.25) is 5.88 Å². The number of benzene rings is 1. The van der Waals surface area contributed by atoms with Crippen molar-refractivity contribution in [2.45, 2.75) is 19.8 Å². The van der Waals surface area contributed by atoms with Gasteiger partial charge in [0, 0.05) is 29.3 Å². The van der Waals surface area contributed by atoms with Crippen LogP contribution < -0.4 is 10.4 Å². The van der Waals surface area contributed by atoms with Crippen molar-refractivity contribution < 1.29 is 9.15 Å². The fraction of sp³-hybridized carbons (Fsp3) is 0.176. The number of fused-ring (bicyclic) bond motifs is 2. The molecule has 0 aliphatic carbocycles. The molecule has 24 heavy (non-hydrogen) atoms.